The van der Waals surface area contributed by atoms with Crippen molar-refractivity contribution in [3.8, 4) is 16.8 Å². The van der Waals surface area contributed by atoms with Crippen molar-refractivity contribution in [1.29, 1.82) is 0 Å². The zero-order chi connectivity index (χ0) is 21.4. The highest BCUT2D eigenvalue weighted by atomic mass is 15.0. The topological polar surface area (TPSA) is 4.93 Å². The van der Waals surface area contributed by atoms with Gasteiger partial charge in [0, 0.05) is 27.3 Å². The summed E-state index contributed by atoms with van der Waals surface area (Å²) in [5, 5.41) is 5.37. The molecule has 0 unspecified atom stereocenters. The van der Waals surface area contributed by atoms with Crippen molar-refractivity contribution in [3.05, 3.63) is 114 Å². The van der Waals surface area contributed by atoms with Gasteiger partial charge < -0.3 is 4.57 Å². The third-order valence-corrected chi connectivity index (χ3v) is 7.34. The molecule has 1 nitrogen and oxygen atoms in total. The van der Waals surface area contributed by atoms with Gasteiger partial charge >= 0.3 is 0 Å². The number of rotatable bonds is 1. The average Bonchev–Trinajstić information content (AvgIpc) is 3.30. The van der Waals surface area contributed by atoms with Crippen molar-refractivity contribution < 1.29 is 0 Å². The number of aromatic nitrogens is 1. The summed E-state index contributed by atoms with van der Waals surface area (Å²) in [4.78, 5) is 0. The van der Waals surface area contributed by atoms with Crippen LogP contribution in [0.3, 0.4) is 0 Å². The molecule has 0 saturated heterocycles. The summed E-state index contributed by atoms with van der Waals surface area (Å²) in [6.07, 6.45) is 0. The van der Waals surface area contributed by atoms with Crippen molar-refractivity contribution in [1.82, 2.24) is 4.57 Å². The maximum atomic E-state index is 2.46. The molecule has 0 bridgehead atoms. The minimum Gasteiger partial charge on any atom is -0.309 e. The van der Waals surface area contributed by atoms with Crippen LogP contribution >= 0.6 is 0 Å². The van der Waals surface area contributed by atoms with Crippen LogP contribution in [-0.4, -0.2) is 4.57 Å². The Morgan fingerprint density at radius 3 is 2.03 bits per heavy atom. The van der Waals surface area contributed by atoms with Crippen LogP contribution in [-0.2, 0) is 5.41 Å². The van der Waals surface area contributed by atoms with Crippen molar-refractivity contribution in [3.63, 3.8) is 0 Å². The Bertz CT molecular complexity index is 1680. The second-order valence-electron chi connectivity index (χ2n) is 9.38. The van der Waals surface area contributed by atoms with Gasteiger partial charge in [-0.2, -0.15) is 0 Å². The van der Waals surface area contributed by atoms with Gasteiger partial charge in [-0.15, -0.1) is 0 Å². The Hall–Kier alpha value is -3.84. The zero-order valence-corrected chi connectivity index (χ0v) is 18.3. The highest BCUT2D eigenvalue weighted by Crippen LogP contribution is 2.56. The molecule has 152 valence electrons. The van der Waals surface area contributed by atoms with E-state index < -0.39 is 0 Å². The van der Waals surface area contributed by atoms with Crippen LogP contribution < -0.4 is 0 Å². The molecule has 1 heteroatoms. The van der Waals surface area contributed by atoms with E-state index in [4.69, 9.17) is 0 Å². The Balaban J connectivity index is 1.84. The Kier molecular flexibility index (Phi) is 3.40. The van der Waals surface area contributed by atoms with Crippen LogP contribution in [0.5, 0.6) is 0 Å². The molecule has 0 N–H and O–H groups in total. The van der Waals surface area contributed by atoms with Crippen LogP contribution in [0.25, 0.3) is 49.4 Å². The van der Waals surface area contributed by atoms with E-state index in [0.29, 0.717) is 0 Å². The second kappa shape index (κ2) is 6.11. The monoisotopic (exact) mass is 409 g/mol. The highest BCUT2D eigenvalue weighted by Gasteiger charge is 2.39. The molecule has 0 fully saturated rings. The van der Waals surface area contributed by atoms with Gasteiger partial charge in [-0.1, -0.05) is 98.8 Å². The second-order valence-corrected chi connectivity index (χ2v) is 9.38. The van der Waals surface area contributed by atoms with E-state index in [2.05, 4.69) is 122 Å². The maximum absolute atomic E-state index is 2.46. The van der Waals surface area contributed by atoms with Gasteiger partial charge in [0.05, 0.1) is 11.0 Å². The number of hydrogen-bond donors (Lipinski definition) is 0. The van der Waals surface area contributed by atoms with E-state index in [-0.39, 0.29) is 5.41 Å². The Morgan fingerprint density at radius 2 is 1.22 bits per heavy atom. The van der Waals surface area contributed by atoms with Gasteiger partial charge in [-0.3, -0.25) is 0 Å². The van der Waals surface area contributed by atoms with Crippen molar-refractivity contribution in [2.75, 3.05) is 0 Å². The normalized spacial score (nSPS) is 14.2. The molecule has 0 atom stereocenters. The molecular weight excluding hydrogens is 386 g/mol. The number of nitrogens with zero attached hydrogens (tertiary/aromatic N) is 1. The summed E-state index contributed by atoms with van der Waals surface area (Å²) in [5.41, 5.74) is 9.38. The molecule has 0 spiro atoms. The van der Waals surface area contributed by atoms with E-state index in [9.17, 15) is 0 Å². The van der Waals surface area contributed by atoms with Gasteiger partial charge in [0.1, 0.15) is 0 Å². The lowest BCUT2D eigenvalue weighted by Crippen LogP contribution is -2.15. The highest BCUT2D eigenvalue weighted by molar-refractivity contribution is 6.26. The van der Waals surface area contributed by atoms with E-state index in [1.807, 2.05) is 0 Å². The molecule has 0 aliphatic heterocycles. The van der Waals surface area contributed by atoms with Crippen molar-refractivity contribution >= 4 is 32.6 Å². The first-order valence-electron chi connectivity index (χ1n) is 11.3. The van der Waals surface area contributed by atoms with E-state index in [1.54, 1.807) is 0 Å². The molecule has 0 amide bonds. The van der Waals surface area contributed by atoms with Crippen LogP contribution in [0.4, 0.5) is 0 Å². The number of para-hydroxylation sites is 2. The summed E-state index contributed by atoms with van der Waals surface area (Å²) in [6.45, 7) is 4.76. The molecule has 1 aliphatic carbocycles. The molecule has 0 radical (unpaired) electrons. The number of hydrogen-bond acceptors (Lipinski definition) is 0. The van der Waals surface area contributed by atoms with Gasteiger partial charge in [0.2, 0.25) is 0 Å². The van der Waals surface area contributed by atoms with Crippen LogP contribution in [0, 0.1) is 0 Å². The molecule has 32 heavy (non-hydrogen) atoms. The first-order valence-corrected chi connectivity index (χ1v) is 11.3. The number of fused-ring (bicyclic) bond motifs is 10. The van der Waals surface area contributed by atoms with Gasteiger partial charge in [-0.05, 0) is 45.8 Å². The molecule has 1 heterocycles. The van der Waals surface area contributed by atoms with Crippen molar-refractivity contribution in [2.45, 2.75) is 19.3 Å². The third kappa shape index (κ3) is 2.08. The predicted octanol–water partition coefficient (Wildman–Crippen LogP) is 8.24. The summed E-state index contributed by atoms with van der Waals surface area (Å²) < 4.78 is 2.46. The summed E-state index contributed by atoms with van der Waals surface area (Å²) >= 11 is 0. The molecule has 6 aromatic rings. The third-order valence-electron chi connectivity index (χ3n) is 7.34. The van der Waals surface area contributed by atoms with Crippen molar-refractivity contribution in [2.24, 2.45) is 0 Å². The molecule has 5 aromatic carbocycles. The first-order chi connectivity index (χ1) is 15.7. The van der Waals surface area contributed by atoms with E-state index in [0.717, 1.165) is 0 Å². The first kappa shape index (κ1) is 17.8. The molecular formula is C31H23N. The Labute approximate surface area is 187 Å². The lowest BCUT2D eigenvalue weighted by atomic mass is 9.79. The quantitative estimate of drug-likeness (QED) is 0.258. The standard InChI is InChI=1S/C31H23N/c1-31(2)25-18-10-8-16-23(25)27-28-24-17-9-11-19-26(24)32(20-12-4-3-5-13-20)30(28)22-15-7-6-14-21(22)29(27)31/h3-19H,1-2H3. The lowest BCUT2D eigenvalue weighted by molar-refractivity contribution is 0.666. The van der Waals surface area contributed by atoms with Crippen LogP contribution in [0.2, 0.25) is 0 Å². The lowest BCUT2D eigenvalue weighted by Gasteiger charge is -2.24. The molecule has 1 aliphatic rings. The largest absolute Gasteiger partial charge is 0.309 e. The molecule has 7 rings (SSSR count). The minimum atomic E-state index is -0.0460. The summed E-state index contributed by atoms with van der Waals surface area (Å²) in [5.74, 6) is 0. The average molecular weight is 410 g/mol. The summed E-state index contributed by atoms with van der Waals surface area (Å²) in [6, 6.07) is 37.6. The predicted molar refractivity (Wildman–Crippen MR) is 136 cm³/mol. The fourth-order valence-electron chi connectivity index (χ4n) is 6.06. The minimum absolute atomic E-state index is 0.0460. The van der Waals surface area contributed by atoms with Gasteiger partial charge in [-0.25, -0.2) is 0 Å². The Morgan fingerprint density at radius 1 is 0.594 bits per heavy atom. The smallest absolute Gasteiger partial charge is 0.0625 e. The van der Waals surface area contributed by atoms with Crippen LogP contribution in [0.15, 0.2) is 103 Å². The SMILES string of the molecule is CC1(C)c2ccccc2-c2c1c1ccccc1c1c2c2ccccc2n1-c1ccccc1. The zero-order valence-electron chi connectivity index (χ0n) is 18.3. The fourth-order valence-corrected chi connectivity index (χ4v) is 6.06. The summed E-state index contributed by atoms with van der Waals surface area (Å²) in [7, 11) is 0. The number of benzene rings is 5. The van der Waals surface area contributed by atoms with Gasteiger partial charge in [0.15, 0.2) is 0 Å². The fraction of sp³-hybridized carbons (Fsp3) is 0.0968. The van der Waals surface area contributed by atoms with Crippen LogP contribution in [0.1, 0.15) is 25.0 Å². The molecule has 0 saturated carbocycles. The molecule has 1 aromatic heterocycles. The van der Waals surface area contributed by atoms with Gasteiger partial charge in [0.25, 0.3) is 0 Å². The van der Waals surface area contributed by atoms with E-state index in [1.165, 1.54) is 60.5 Å². The van der Waals surface area contributed by atoms with E-state index >= 15 is 0 Å². The maximum Gasteiger partial charge on any atom is 0.0625 e.